The van der Waals surface area contributed by atoms with E-state index in [1.807, 2.05) is 24.3 Å². The Balaban J connectivity index is 1.93. The number of aliphatic hydroxyl groups is 1. The van der Waals surface area contributed by atoms with Crippen LogP contribution in [0, 0.1) is 0 Å². The second-order valence-electron chi connectivity index (χ2n) is 6.00. The summed E-state index contributed by atoms with van der Waals surface area (Å²) in [4.78, 5) is 22.0. The minimum absolute atomic E-state index is 0.165. The largest absolute Gasteiger partial charge is 0.449 e. The Morgan fingerprint density at radius 3 is 2.83 bits per heavy atom. The highest BCUT2D eigenvalue weighted by molar-refractivity contribution is 6.01. The first-order chi connectivity index (χ1) is 11.7. The average Bonchev–Trinajstić information content (AvgIpc) is 2.97. The van der Waals surface area contributed by atoms with Gasteiger partial charge in [-0.2, -0.15) is 0 Å². The maximum atomic E-state index is 12.3. The molecule has 2 N–H and O–H groups in total. The van der Waals surface area contributed by atoms with E-state index in [-0.39, 0.29) is 17.7 Å². The number of furan rings is 1. The van der Waals surface area contributed by atoms with Crippen molar-refractivity contribution in [2.45, 2.75) is 32.7 Å². The molecule has 0 fully saturated rings. The number of H-pyrrole nitrogens is 1. The number of aliphatic hydroxyl groups excluding tert-OH is 1. The van der Waals surface area contributed by atoms with Gasteiger partial charge in [0.2, 0.25) is 5.58 Å². The molecule has 0 unspecified atom stereocenters. The van der Waals surface area contributed by atoms with Crippen LogP contribution in [0.4, 0.5) is 0 Å². The van der Waals surface area contributed by atoms with Gasteiger partial charge < -0.3 is 14.5 Å². The lowest BCUT2D eigenvalue weighted by Crippen LogP contribution is -2.28. The van der Waals surface area contributed by atoms with Gasteiger partial charge in [0.05, 0.1) is 6.54 Å². The summed E-state index contributed by atoms with van der Waals surface area (Å²) in [6.07, 6.45) is 2.89. The summed E-state index contributed by atoms with van der Waals surface area (Å²) >= 11 is 0. The predicted octanol–water partition coefficient (Wildman–Crippen LogP) is 2.65. The van der Waals surface area contributed by atoms with E-state index in [4.69, 9.17) is 9.52 Å². The Labute approximate surface area is 140 Å². The third-order valence-electron chi connectivity index (χ3n) is 4.11. The highest BCUT2D eigenvalue weighted by Gasteiger charge is 2.14. The number of rotatable bonds is 8. The van der Waals surface area contributed by atoms with E-state index in [1.165, 1.54) is 0 Å². The van der Waals surface area contributed by atoms with Crippen LogP contribution in [-0.4, -0.2) is 39.7 Å². The van der Waals surface area contributed by atoms with Gasteiger partial charge in [0.25, 0.3) is 5.56 Å². The second-order valence-corrected chi connectivity index (χ2v) is 6.00. The molecule has 0 saturated heterocycles. The minimum atomic E-state index is -0.246. The third kappa shape index (κ3) is 3.49. The molecule has 3 aromatic rings. The normalized spacial score (nSPS) is 11.8. The molecule has 2 heterocycles. The van der Waals surface area contributed by atoms with Crippen LogP contribution in [0.2, 0.25) is 0 Å². The first-order valence-electron chi connectivity index (χ1n) is 8.46. The van der Waals surface area contributed by atoms with Crippen molar-refractivity contribution in [3.05, 3.63) is 40.4 Å². The molecule has 6 nitrogen and oxygen atoms in total. The SMILES string of the molecule is CCCCN(CCCO)Cc1nc2c(oc3ccccc32)c(=O)[nH]1. The highest BCUT2D eigenvalue weighted by Crippen LogP contribution is 2.24. The fraction of sp³-hybridized carbons (Fsp3) is 0.444. The standard InChI is InChI=1S/C18H23N3O3/c1-2-3-9-21(10-6-11-22)12-15-19-16-13-7-4-5-8-14(13)24-17(16)18(23)20-15/h4-5,7-8,22H,2-3,6,9-12H2,1H3,(H,19,20,23). The van der Waals surface area contributed by atoms with Crippen molar-refractivity contribution < 1.29 is 9.52 Å². The maximum Gasteiger partial charge on any atom is 0.294 e. The van der Waals surface area contributed by atoms with Gasteiger partial charge in [-0.15, -0.1) is 0 Å². The molecule has 0 radical (unpaired) electrons. The van der Waals surface area contributed by atoms with Crippen molar-refractivity contribution in [2.24, 2.45) is 0 Å². The van der Waals surface area contributed by atoms with Crippen molar-refractivity contribution in [3.63, 3.8) is 0 Å². The molecule has 2 aromatic heterocycles. The van der Waals surface area contributed by atoms with Crippen LogP contribution in [0.3, 0.4) is 0 Å². The van der Waals surface area contributed by atoms with E-state index in [9.17, 15) is 4.79 Å². The van der Waals surface area contributed by atoms with Crippen LogP contribution in [0.5, 0.6) is 0 Å². The molecule has 128 valence electrons. The summed E-state index contributed by atoms with van der Waals surface area (Å²) in [6.45, 7) is 4.57. The molecular formula is C18H23N3O3. The van der Waals surface area contributed by atoms with Gasteiger partial charge >= 0.3 is 0 Å². The van der Waals surface area contributed by atoms with E-state index in [2.05, 4.69) is 21.8 Å². The van der Waals surface area contributed by atoms with E-state index < -0.39 is 0 Å². The van der Waals surface area contributed by atoms with E-state index in [0.29, 0.717) is 29.9 Å². The second kappa shape index (κ2) is 7.59. The average molecular weight is 329 g/mol. The molecular weight excluding hydrogens is 306 g/mol. The van der Waals surface area contributed by atoms with Gasteiger partial charge in [-0.25, -0.2) is 4.98 Å². The third-order valence-corrected chi connectivity index (χ3v) is 4.11. The van der Waals surface area contributed by atoms with Gasteiger partial charge in [0.15, 0.2) is 0 Å². The Kier molecular flexibility index (Phi) is 5.27. The Morgan fingerprint density at radius 2 is 2.04 bits per heavy atom. The summed E-state index contributed by atoms with van der Waals surface area (Å²) in [5, 5.41) is 9.93. The lowest BCUT2D eigenvalue weighted by atomic mass is 10.2. The predicted molar refractivity (Wildman–Crippen MR) is 94.0 cm³/mol. The van der Waals surface area contributed by atoms with Gasteiger partial charge in [-0.1, -0.05) is 25.5 Å². The molecule has 0 atom stereocenters. The number of unbranched alkanes of at least 4 members (excludes halogenated alkanes) is 1. The minimum Gasteiger partial charge on any atom is -0.449 e. The van der Waals surface area contributed by atoms with Gasteiger partial charge in [0.1, 0.15) is 16.9 Å². The summed E-state index contributed by atoms with van der Waals surface area (Å²) in [5.74, 6) is 0.632. The van der Waals surface area contributed by atoms with Gasteiger partial charge in [0, 0.05) is 18.5 Å². The monoisotopic (exact) mass is 329 g/mol. The number of nitrogens with zero attached hydrogens (tertiary/aromatic N) is 2. The summed E-state index contributed by atoms with van der Waals surface area (Å²) < 4.78 is 5.62. The van der Waals surface area contributed by atoms with Crippen molar-refractivity contribution in [1.29, 1.82) is 0 Å². The van der Waals surface area contributed by atoms with Crippen LogP contribution >= 0.6 is 0 Å². The smallest absolute Gasteiger partial charge is 0.294 e. The number of hydrogen-bond donors (Lipinski definition) is 2. The number of benzene rings is 1. The molecule has 3 rings (SSSR count). The van der Waals surface area contributed by atoms with Gasteiger partial charge in [-0.3, -0.25) is 9.69 Å². The van der Waals surface area contributed by atoms with E-state index in [0.717, 1.165) is 31.3 Å². The maximum absolute atomic E-state index is 12.3. The molecule has 1 aromatic carbocycles. The fourth-order valence-electron chi connectivity index (χ4n) is 2.88. The lowest BCUT2D eigenvalue weighted by molar-refractivity contribution is 0.213. The summed E-state index contributed by atoms with van der Waals surface area (Å²) in [5.41, 5.74) is 1.31. The topological polar surface area (TPSA) is 82.4 Å². The van der Waals surface area contributed by atoms with Crippen LogP contribution in [-0.2, 0) is 6.54 Å². The molecule has 0 aliphatic carbocycles. The number of nitrogens with one attached hydrogen (secondary N) is 1. The summed E-state index contributed by atoms with van der Waals surface area (Å²) in [6, 6.07) is 7.54. The van der Waals surface area contributed by atoms with Crippen LogP contribution in [0.15, 0.2) is 33.5 Å². The van der Waals surface area contributed by atoms with Crippen molar-refractivity contribution in [3.8, 4) is 0 Å². The van der Waals surface area contributed by atoms with Crippen LogP contribution in [0.25, 0.3) is 22.1 Å². The zero-order valence-electron chi connectivity index (χ0n) is 13.9. The van der Waals surface area contributed by atoms with Gasteiger partial charge in [-0.05, 0) is 31.5 Å². The fourth-order valence-corrected chi connectivity index (χ4v) is 2.88. The van der Waals surface area contributed by atoms with Crippen molar-refractivity contribution in [1.82, 2.24) is 14.9 Å². The van der Waals surface area contributed by atoms with E-state index in [1.54, 1.807) is 0 Å². The van der Waals surface area contributed by atoms with Crippen LogP contribution < -0.4 is 5.56 Å². The number of para-hydroxylation sites is 1. The highest BCUT2D eigenvalue weighted by atomic mass is 16.3. The molecule has 24 heavy (non-hydrogen) atoms. The number of aromatic nitrogens is 2. The zero-order chi connectivity index (χ0) is 16.9. The molecule has 6 heteroatoms. The first kappa shape index (κ1) is 16.7. The quantitative estimate of drug-likeness (QED) is 0.664. The lowest BCUT2D eigenvalue weighted by Gasteiger charge is -2.20. The zero-order valence-corrected chi connectivity index (χ0v) is 13.9. The number of aromatic amines is 1. The molecule has 0 aliphatic rings. The summed E-state index contributed by atoms with van der Waals surface area (Å²) in [7, 11) is 0. The number of fused-ring (bicyclic) bond motifs is 3. The Hall–Kier alpha value is -2.18. The number of hydrogen-bond acceptors (Lipinski definition) is 5. The molecule has 0 saturated carbocycles. The molecule has 0 aliphatic heterocycles. The molecule has 0 bridgehead atoms. The Bertz CT molecular complexity index is 861. The Morgan fingerprint density at radius 1 is 1.25 bits per heavy atom. The van der Waals surface area contributed by atoms with Crippen molar-refractivity contribution in [2.75, 3.05) is 19.7 Å². The first-order valence-corrected chi connectivity index (χ1v) is 8.46. The van der Waals surface area contributed by atoms with Crippen molar-refractivity contribution >= 4 is 22.1 Å². The van der Waals surface area contributed by atoms with E-state index >= 15 is 0 Å². The molecule has 0 spiro atoms. The van der Waals surface area contributed by atoms with Crippen LogP contribution in [0.1, 0.15) is 32.0 Å². The molecule has 0 amide bonds.